The highest BCUT2D eigenvalue weighted by molar-refractivity contribution is 5.80. The lowest BCUT2D eigenvalue weighted by atomic mass is 10.1. The summed E-state index contributed by atoms with van der Waals surface area (Å²) in [4.78, 5) is 24.1. The molecule has 0 aliphatic carbocycles. The lowest BCUT2D eigenvalue weighted by molar-refractivity contribution is -0.158. The lowest BCUT2D eigenvalue weighted by Gasteiger charge is -2.31. The Labute approximate surface area is 181 Å². The second kappa shape index (κ2) is 11.9. The summed E-state index contributed by atoms with van der Waals surface area (Å²) in [6.07, 6.45) is 0. The number of aliphatic imine (C=N–C) groups is 1. The maximum Gasteiger partial charge on any atom is 0.308 e. The SMILES string of the molecule is C=Nc1c(N2CCOCC2)cc(C)nc1N(C)CCN.CC(C)C(=O)OC(C)(C)C. The van der Waals surface area contributed by atoms with Crippen molar-refractivity contribution in [3.8, 4) is 0 Å². The Morgan fingerprint density at radius 3 is 2.43 bits per heavy atom. The fourth-order valence-electron chi connectivity index (χ4n) is 2.82. The Bertz CT molecular complexity index is 695. The van der Waals surface area contributed by atoms with Crippen LogP contribution in [0.3, 0.4) is 0 Å². The number of nitrogens with two attached hydrogens (primary N) is 1. The molecule has 0 atom stereocenters. The third-order valence-electron chi connectivity index (χ3n) is 4.30. The van der Waals surface area contributed by atoms with Crippen molar-refractivity contribution in [2.45, 2.75) is 47.1 Å². The number of ether oxygens (including phenoxy) is 2. The molecule has 1 aliphatic rings. The Morgan fingerprint density at radius 2 is 2.00 bits per heavy atom. The first-order chi connectivity index (χ1) is 14.0. The molecule has 1 aliphatic heterocycles. The summed E-state index contributed by atoms with van der Waals surface area (Å²) in [6.45, 7) is 19.5. The van der Waals surface area contributed by atoms with Gasteiger partial charge in [0.2, 0.25) is 0 Å². The number of aromatic nitrogens is 1. The van der Waals surface area contributed by atoms with E-state index in [0.29, 0.717) is 6.54 Å². The molecule has 0 radical (unpaired) electrons. The molecule has 2 N–H and O–H groups in total. The first-order valence-corrected chi connectivity index (χ1v) is 10.4. The molecule has 170 valence electrons. The van der Waals surface area contributed by atoms with E-state index in [-0.39, 0.29) is 17.5 Å². The van der Waals surface area contributed by atoms with Gasteiger partial charge in [0.25, 0.3) is 0 Å². The highest BCUT2D eigenvalue weighted by Crippen LogP contribution is 2.37. The van der Waals surface area contributed by atoms with E-state index in [1.807, 2.05) is 53.5 Å². The fourth-order valence-corrected chi connectivity index (χ4v) is 2.82. The van der Waals surface area contributed by atoms with Crippen molar-refractivity contribution < 1.29 is 14.3 Å². The predicted molar refractivity (Wildman–Crippen MR) is 124 cm³/mol. The Morgan fingerprint density at radius 1 is 1.40 bits per heavy atom. The van der Waals surface area contributed by atoms with Gasteiger partial charge in [0.1, 0.15) is 11.3 Å². The molecule has 8 heteroatoms. The van der Waals surface area contributed by atoms with E-state index in [1.54, 1.807) is 0 Å². The maximum absolute atomic E-state index is 10.9. The molecule has 1 fully saturated rings. The normalized spacial score (nSPS) is 14.1. The predicted octanol–water partition coefficient (Wildman–Crippen LogP) is 2.94. The van der Waals surface area contributed by atoms with Gasteiger partial charge in [-0.3, -0.25) is 9.79 Å². The first-order valence-electron chi connectivity index (χ1n) is 10.4. The van der Waals surface area contributed by atoms with Gasteiger partial charge in [-0.05, 0) is 40.5 Å². The molecule has 0 spiro atoms. The highest BCUT2D eigenvalue weighted by Gasteiger charge is 2.20. The molecule has 2 rings (SSSR count). The van der Waals surface area contributed by atoms with Gasteiger partial charge in [0, 0.05) is 38.9 Å². The average molecular weight is 422 g/mol. The van der Waals surface area contributed by atoms with Crippen LogP contribution in [-0.2, 0) is 14.3 Å². The van der Waals surface area contributed by atoms with Gasteiger partial charge >= 0.3 is 5.97 Å². The molecule has 1 aromatic rings. The van der Waals surface area contributed by atoms with Gasteiger partial charge < -0.3 is 25.0 Å². The second-order valence-electron chi connectivity index (χ2n) is 8.61. The van der Waals surface area contributed by atoms with Gasteiger partial charge in [-0.1, -0.05) is 13.8 Å². The van der Waals surface area contributed by atoms with E-state index in [0.717, 1.165) is 55.7 Å². The van der Waals surface area contributed by atoms with Crippen molar-refractivity contribution in [3.63, 3.8) is 0 Å². The molecule has 1 aromatic heterocycles. The van der Waals surface area contributed by atoms with E-state index in [9.17, 15) is 4.79 Å². The largest absolute Gasteiger partial charge is 0.460 e. The minimum absolute atomic E-state index is 0.0285. The Hall–Kier alpha value is -2.19. The second-order valence-corrected chi connectivity index (χ2v) is 8.61. The van der Waals surface area contributed by atoms with Gasteiger partial charge in [0.15, 0.2) is 5.82 Å². The summed E-state index contributed by atoms with van der Waals surface area (Å²) in [6, 6.07) is 2.06. The summed E-state index contributed by atoms with van der Waals surface area (Å²) in [7, 11) is 1.98. The number of pyridine rings is 1. The Balaban J connectivity index is 0.000000382. The van der Waals surface area contributed by atoms with E-state index in [1.165, 1.54) is 0 Å². The molecule has 30 heavy (non-hydrogen) atoms. The molecular formula is C22H39N5O3. The molecule has 0 unspecified atom stereocenters. The number of anilines is 2. The number of morpholine rings is 1. The van der Waals surface area contributed by atoms with Crippen LogP contribution >= 0.6 is 0 Å². The summed E-state index contributed by atoms with van der Waals surface area (Å²) >= 11 is 0. The van der Waals surface area contributed by atoms with E-state index in [2.05, 4.69) is 27.7 Å². The zero-order valence-corrected chi connectivity index (χ0v) is 19.7. The quantitative estimate of drug-likeness (QED) is 0.557. The zero-order chi connectivity index (χ0) is 22.9. The van der Waals surface area contributed by atoms with Crippen LogP contribution in [0, 0.1) is 12.8 Å². The number of esters is 1. The number of carbonyl (C=O) groups excluding carboxylic acids is 1. The molecule has 0 bridgehead atoms. The van der Waals surface area contributed by atoms with Crippen LogP contribution in [0.2, 0.25) is 0 Å². The van der Waals surface area contributed by atoms with Crippen LogP contribution in [0.15, 0.2) is 11.1 Å². The maximum atomic E-state index is 10.9. The zero-order valence-electron chi connectivity index (χ0n) is 19.7. The third kappa shape index (κ3) is 8.28. The van der Waals surface area contributed by atoms with Crippen LogP contribution in [0.5, 0.6) is 0 Å². The van der Waals surface area contributed by atoms with Crippen molar-refractivity contribution in [3.05, 3.63) is 11.8 Å². The summed E-state index contributed by atoms with van der Waals surface area (Å²) in [5.74, 6) is 0.679. The van der Waals surface area contributed by atoms with Crippen LogP contribution in [0.25, 0.3) is 0 Å². The van der Waals surface area contributed by atoms with Crippen LogP contribution in [-0.4, -0.2) is 69.7 Å². The number of rotatable bonds is 6. The highest BCUT2D eigenvalue weighted by atomic mass is 16.6. The monoisotopic (exact) mass is 421 g/mol. The molecule has 8 nitrogen and oxygen atoms in total. The van der Waals surface area contributed by atoms with Crippen molar-refractivity contribution in [2.75, 3.05) is 56.2 Å². The van der Waals surface area contributed by atoms with Crippen molar-refractivity contribution in [1.82, 2.24) is 4.98 Å². The van der Waals surface area contributed by atoms with Crippen LogP contribution in [0.4, 0.5) is 17.2 Å². The van der Waals surface area contributed by atoms with Crippen LogP contribution in [0.1, 0.15) is 40.3 Å². The molecular weight excluding hydrogens is 382 g/mol. The van der Waals surface area contributed by atoms with Gasteiger partial charge in [0.05, 0.1) is 24.8 Å². The summed E-state index contributed by atoms with van der Waals surface area (Å²) in [5, 5.41) is 0. The lowest BCUT2D eigenvalue weighted by Crippen LogP contribution is -2.36. The standard InChI is InChI=1S/C14H23N5O.C8H16O2/c1-11-10-12(19-6-8-20-9-7-19)13(16-2)14(17-11)18(3)5-4-15;1-6(2)7(9)10-8(3,4)5/h10H,2,4-9,15H2,1,3H3;6H,1-5H3. The number of carbonyl (C=O) groups is 1. The molecule has 0 saturated carbocycles. The van der Waals surface area contributed by atoms with Crippen LogP contribution < -0.4 is 15.5 Å². The topological polar surface area (TPSA) is 93.3 Å². The number of hydrogen-bond acceptors (Lipinski definition) is 8. The van der Waals surface area contributed by atoms with Gasteiger partial charge in [-0.25, -0.2) is 4.98 Å². The number of aryl methyl sites for hydroxylation is 1. The van der Waals surface area contributed by atoms with E-state index in [4.69, 9.17) is 15.2 Å². The fraction of sp³-hybridized carbons (Fsp3) is 0.682. The Kier molecular flexibility index (Phi) is 10.2. The average Bonchev–Trinajstić information content (AvgIpc) is 2.67. The van der Waals surface area contributed by atoms with Gasteiger partial charge in [-0.2, -0.15) is 0 Å². The third-order valence-corrected chi connectivity index (χ3v) is 4.30. The van der Waals surface area contributed by atoms with Crippen molar-refractivity contribution in [1.29, 1.82) is 0 Å². The van der Waals surface area contributed by atoms with E-state index < -0.39 is 0 Å². The van der Waals surface area contributed by atoms with Gasteiger partial charge in [-0.15, -0.1) is 0 Å². The molecule has 1 saturated heterocycles. The number of likely N-dealkylation sites (N-methyl/N-ethyl adjacent to an activating group) is 1. The molecule has 0 amide bonds. The van der Waals surface area contributed by atoms with Crippen molar-refractivity contribution >= 4 is 29.9 Å². The first kappa shape index (κ1) is 25.8. The minimum Gasteiger partial charge on any atom is -0.460 e. The minimum atomic E-state index is -0.346. The molecule has 0 aromatic carbocycles. The van der Waals surface area contributed by atoms with E-state index >= 15 is 0 Å². The summed E-state index contributed by atoms with van der Waals surface area (Å²) in [5.41, 5.74) is 8.16. The number of hydrogen-bond donors (Lipinski definition) is 1. The summed E-state index contributed by atoms with van der Waals surface area (Å²) < 4.78 is 10.5. The van der Waals surface area contributed by atoms with Crippen molar-refractivity contribution in [2.24, 2.45) is 16.6 Å². The number of nitrogens with zero attached hydrogens (tertiary/aromatic N) is 4. The molecule has 2 heterocycles. The smallest absolute Gasteiger partial charge is 0.308 e.